The topological polar surface area (TPSA) is 70.8 Å². The molecule has 0 unspecified atom stereocenters. The number of unbranched alkanes of at least 4 members (excludes halogenated alkanes) is 1. The Hall–Kier alpha value is -2.80. The zero-order chi connectivity index (χ0) is 23.5. The van der Waals surface area contributed by atoms with Crippen molar-refractivity contribution in [3.63, 3.8) is 0 Å². The first-order chi connectivity index (χ1) is 15.1. The van der Waals surface area contributed by atoms with Crippen LogP contribution in [0.5, 0.6) is 11.6 Å². The molecule has 3 rings (SSSR count). The third-order valence-corrected chi connectivity index (χ3v) is 10.3. The first-order valence-electron chi connectivity index (χ1n) is 11.0. The summed E-state index contributed by atoms with van der Waals surface area (Å²) in [6.07, 6.45) is 3.24. The summed E-state index contributed by atoms with van der Waals surface area (Å²) in [5.41, 5.74) is 1.59. The fourth-order valence-electron chi connectivity index (χ4n) is 3.02. The second kappa shape index (κ2) is 9.36. The maximum atomic E-state index is 12.7. The van der Waals surface area contributed by atoms with Crippen LogP contribution in [0.4, 0.5) is 0 Å². The molecule has 3 aromatic rings. The van der Waals surface area contributed by atoms with Crippen molar-refractivity contribution in [2.45, 2.75) is 58.7 Å². The third-order valence-electron chi connectivity index (χ3n) is 6.00. The van der Waals surface area contributed by atoms with Crippen LogP contribution in [-0.4, -0.2) is 33.0 Å². The lowest BCUT2D eigenvalue weighted by molar-refractivity contribution is 0.0501. The van der Waals surface area contributed by atoms with Gasteiger partial charge in [-0.05, 0) is 42.8 Å². The van der Waals surface area contributed by atoms with Gasteiger partial charge in [-0.25, -0.2) is 9.78 Å². The molecule has 0 N–H and O–H groups in total. The number of furan rings is 1. The van der Waals surface area contributed by atoms with Gasteiger partial charge in [0.15, 0.2) is 5.58 Å². The molecule has 2 aromatic heterocycles. The fraction of sp³-hybridized carbons (Fsp3) is 0.440. The van der Waals surface area contributed by atoms with Gasteiger partial charge in [0.25, 0.3) is 14.2 Å². The van der Waals surface area contributed by atoms with Crippen molar-refractivity contribution in [2.75, 3.05) is 13.7 Å². The van der Waals surface area contributed by atoms with Crippen LogP contribution in [0, 0.1) is 0 Å². The highest BCUT2D eigenvalue weighted by molar-refractivity contribution is 6.74. The summed E-state index contributed by atoms with van der Waals surface area (Å²) in [6, 6.07) is 9.64. The van der Waals surface area contributed by atoms with Gasteiger partial charge in [0.1, 0.15) is 11.5 Å². The molecule has 32 heavy (non-hydrogen) atoms. The highest BCUT2D eigenvalue weighted by atomic mass is 28.4. The zero-order valence-electron chi connectivity index (χ0n) is 20.1. The number of hydrogen-bond donors (Lipinski definition) is 0. The standard InChI is InChI=1S/C25H33NO5Si/c1-8-9-14-29-24(27)19-16-26-23(28-5)22-18(19)15-21(30-22)17-12-10-11-13-20(17)31-32(6,7)25(2,3)4/h10-13,15-16H,8-9,14H2,1-7H3. The minimum Gasteiger partial charge on any atom is -0.543 e. The lowest BCUT2D eigenvalue weighted by Crippen LogP contribution is -2.43. The van der Waals surface area contributed by atoms with Gasteiger partial charge in [-0.2, -0.15) is 0 Å². The molecule has 0 aliphatic rings. The Bertz CT molecular complexity index is 1100. The Balaban J connectivity index is 2.08. The van der Waals surface area contributed by atoms with E-state index in [2.05, 4.69) is 38.8 Å². The number of pyridine rings is 1. The van der Waals surface area contributed by atoms with E-state index in [0.717, 1.165) is 24.2 Å². The Kier molecular flexibility index (Phi) is 6.98. The van der Waals surface area contributed by atoms with Crippen LogP contribution in [0.2, 0.25) is 18.1 Å². The van der Waals surface area contributed by atoms with Gasteiger partial charge in [-0.1, -0.05) is 46.2 Å². The van der Waals surface area contributed by atoms with Crippen molar-refractivity contribution >= 4 is 25.3 Å². The molecule has 0 fully saturated rings. The highest BCUT2D eigenvalue weighted by Gasteiger charge is 2.39. The van der Waals surface area contributed by atoms with Gasteiger partial charge in [-0.3, -0.25) is 0 Å². The van der Waals surface area contributed by atoms with Crippen LogP contribution in [0.3, 0.4) is 0 Å². The molecular formula is C25H33NO5Si. The van der Waals surface area contributed by atoms with E-state index in [0.29, 0.717) is 34.8 Å². The Morgan fingerprint density at radius 2 is 1.91 bits per heavy atom. The quantitative estimate of drug-likeness (QED) is 0.210. The van der Waals surface area contributed by atoms with Crippen molar-refractivity contribution in [1.82, 2.24) is 4.98 Å². The number of esters is 1. The van der Waals surface area contributed by atoms with Crippen molar-refractivity contribution in [3.05, 3.63) is 42.1 Å². The zero-order valence-corrected chi connectivity index (χ0v) is 21.1. The lowest BCUT2D eigenvalue weighted by Gasteiger charge is -2.36. The van der Waals surface area contributed by atoms with E-state index in [-0.39, 0.29) is 5.04 Å². The summed E-state index contributed by atoms with van der Waals surface area (Å²) in [6.45, 7) is 13.4. The number of benzene rings is 1. The largest absolute Gasteiger partial charge is 0.543 e. The first kappa shape index (κ1) is 23.9. The predicted molar refractivity (Wildman–Crippen MR) is 129 cm³/mol. The summed E-state index contributed by atoms with van der Waals surface area (Å²) in [7, 11) is -0.542. The van der Waals surface area contributed by atoms with Gasteiger partial charge >= 0.3 is 5.97 Å². The number of ether oxygens (including phenoxy) is 2. The van der Waals surface area contributed by atoms with Crippen molar-refractivity contribution < 1.29 is 23.1 Å². The Morgan fingerprint density at radius 1 is 1.19 bits per heavy atom. The van der Waals surface area contributed by atoms with Crippen molar-refractivity contribution in [1.29, 1.82) is 0 Å². The van der Waals surface area contributed by atoms with Crippen LogP contribution in [-0.2, 0) is 4.74 Å². The SMILES string of the molecule is CCCCOC(=O)c1cnc(OC)c2oc(-c3ccccc3O[Si](C)(C)C(C)(C)C)cc12. The molecule has 0 aliphatic heterocycles. The minimum absolute atomic E-state index is 0.0521. The summed E-state index contributed by atoms with van der Waals surface area (Å²) in [5, 5.41) is 0.659. The van der Waals surface area contributed by atoms with Crippen LogP contribution < -0.4 is 9.16 Å². The number of rotatable bonds is 8. The molecule has 7 heteroatoms. The molecule has 0 saturated heterocycles. The molecule has 0 aliphatic carbocycles. The number of fused-ring (bicyclic) bond motifs is 1. The van der Waals surface area contributed by atoms with Gasteiger partial charge in [0.2, 0.25) is 0 Å². The smallest absolute Gasteiger partial charge is 0.340 e. The van der Waals surface area contributed by atoms with Crippen LogP contribution in [0.1, 0.15) is 50.9 Å². The summed E-state index contributed by atoms with van der Waals surface area (Å²) in [5.74, 6) is 1.25. The average Bonchev–Trinajstić information content (AvgIpc) is 3.17. The van der Waals surface area contributed by atoms with Crippen molar-refractivity contribution in [3.8, 4) is 23.0 Å². The van der Waals surface area contributed by atoms with Gasteiger partial charge in [-0.15, -0.1) is 0 Å². The highest BCUT2D eigenvalue weighted by Crippen LogP contribution is 2.42. The summed E-state index contributed by atoms with van der Waals surface area (Å²) < 4.78 is 23.6. The molecule has 0 saturated carbocycles. The number of nitrogens with zero attached hydrogens (tertiary/aromatic N) is 1. The maximum Gasteiger partial charge on any atom is 0.340 e. The Morgan fingerprint density at radius 3 is 2.56 bits per heavy atom. The predicted octanol–water partition coefficient (Wildman–Crippen LogP) is 6.84. The molecule has 6 nitrogen and oxygen atoms in total. The maximum absolute atomic E-state index is 12.7. The molecular weight excluding hydrogens is 422 g/mol. The number of para-hydroxylation sites is 1. The molecule has 2 heterocycles. The number of hydrogen-bond acceptors (Lipinski definition) is 6. The molecule has 0 radical (unpaired) electrons. The summed E-state index contributed by atoms with van der Waals surface area (Å²) in [4.78, 5) is 16.9. The first-order valence-corrected chi connectivity index (χ1v) is 13.9. The molecule has 0 atom stereocenters. The number of carbonyl (C=O) groups excluding carboxylic acids is 1. The van der Waals surface area contributed by atoms with E-state index >= 15 is 0 Å². The van der Waals surface area contributed by atoms with Crippen LogP contribution >= 0.6 is 0 Å². The van der Waals surface area contributed by atoms with Crippen LogP contribution in [0.25, 0.3) is 22.3 Å². The molecule has 0 amide bonds. The van der Waals surface area contributed by atoms with Crippen LogP contribution in [0.15, 0.2) is 40.9 Å². The lowest BCUT2D eigenvalue weighted by atomic mass is 10.1. The molecule has 172 valence electrons. The molecule has 0 spiro atoms. The molecule has 0 bridgehead atoms. The number of carbonyl (C=O) groups is 1. The molecule has 1 aromatic carbocycles. The van der Waals surface area contributed by atoms with E-state index in [1.807, 2.05) is 37.3 Å². The fourth-order valence-corrected chi connectivity index (χ4v) is 4.05. The Labute approximate surface area is 191 Å². The minimum atomic E-state index is -2.07. The van der Waals surface area contributed by atoms with E-state index in [9.17, 15) is 4.79 Å². The normalized spacial score (nSPS) is 12.1. The van der Waals surface area contributed by atoms with Gasteiger partial charge in [0, 0.05) is 11.6 Å². The summed E-state index contributed by atoms with van der Waals surface area (Å²) >= 11 is 0. The van der Waals surface area contributed by atoms with E-state index in [1.165, 1.54) is 13.3 Å². The average molecular weight is 456 g/mol. The number of aromatic nitrogens is 1. The monoisotopic (exact) mass is 455 g/mol. The second-order valence-corrected chi connectivity index (χ2v) is 14.1. The van der Waals surface area contributed by atoms with E-state index in [4.69, 9.17) is 18.3 Å². The second-order valence-electron chi connectivity index (χ2n) is 9.38. The van der Waals surface area contributed by atoms with Gasteiger partial charge in [0.05, 0.1) is 24.8 Å². The van der Waals surface area contributed by atoms with Gasteiger partial charge < -0.3 is 18.3 Å². The number of methoxy groups -OCH3 is 1. The van der Waals surface area contributed by atoms with Crippen molar-refractivity contribution in [2.24, 2.45) is 0 Å². The van der Waals surface area contributed by atoms with E-state index < -0.39 is 14.3 Å². The third kappa shape index (κ3) is 4.82. The van der Waals surface area contributed by atoms with E-state index in [1.54, 1.807) is 0 Å².